The van der Waals surface area contributed by atoms with Crippen LogP contribution < -0.4 is 10.2 Å². The van der Waals surface area contributed by atoms with E-state index in [4.69, 9.17) is 23.2 Å². The molecule has 1 fully saturated rings. The van der Waals surface area contributed by atoms with E-state index in [1.165, 1.54) is 0 Å². The number of hydrogen-bond donors (Lipinski definition) is 1. The van der Waals surface area contributed by atoms with Crippen LogP contribution in [0.25, 0.3) is 22.0 Å². The van der Waals surface area contributed by atoms with E-state index >= 15 is 0 Å². The minimum Gasteiger partial charge on any atom is -0.352 e. The van der Waals surface area contributed by atoms with Crippen LogP contribution >= 0.6 is 23.2 Å². The molecule has 1 aliphatic rings. The van der Waals surface area contributed by atoms with Crippen molar-refractivity contribution in [3.8, 4) is 17.2 Å². The van der Waals surface area contributed by atoms with Gasteiger partial charge in [-0.15, -0.1) is 0 Å². The number of piperazine rings is 1. The van der Waals surface area contributed by atoms with E-state index in [1.807, 2.05) is 36.4 Å². The zero-order chi connectivity index (χ0) is 18.1. The molecule has 1 N–H and O–H groups in total. The first-order chi connectivity index (χ1) is 12.7. The number of fused-ring (bicyclic) bond motifs is 1. The number of anilines is 1. The highest BCUT2D eigenvalue weighted by atomic mass is 35.5. The average molecular weight is 384 g/mol. The summed E-state index contributed by atoms with van der Waals surface area (Å²) in [6.45, 7) is 2.10. The van der Waals surface area contributed by atoms with Gasteiger partial charge in [-0.3, -0.25) is 5.32 Å². The Balaban J connectivity index is 1.83. The molecule has 2 heterocycles. The third-order valence-corrected chi connectivity index (χ3v) is 5.05. The first kappa shape index (κ1) is 17.0. The quantitative estimate of drug-likeness (QED) is 0.726. The first-order valence-corrected chi connectivity index (χ1v) is 8.99. The molecule has 1 aliphatic heterocycles. The summed E-state index contributed by atoms with van der Waals surface area (Å²) in [4.78, 5) is 11.0. The zero-order valence-corrected chi connectivity index (χ0v) is 15.3. The minimum atomic E-state index is -0.211. The Morgan fingerprint density at radius 2 is 1.96 bits per heavy atom. The summed E-state index contributed by atoms with van der Waals surface area (Å²) in [6, 6.07) is 13.5. The topological polar surface area (TPSA) is 64.8 Å². The second-order valence-electron chi connectivity index (χ2n) is 6.14. The number of aromatic nitrogens is 2. The van der Waals surface area contributed by atoms with E-state index in [0.29, 0.717) is 16.6 Å². The molecular weight excluding hydrogens is 369 g/mol. The van der Waals surface area contributed by atoms with E-state index in [-0.39, 0.29) is 6.04 Å². The monoisotopic (exact) mass is 383 g/mol. The lowest BCUT2D eigenvalue weighted by atomic mass is 10.0. The van der Waals surface area contributed by atoms with Gasteiger partial charge in [-0.1, -0.05) is 35.3 Å². The molecule has 0 unspecified atom stereocenters. The van der Waals surface area contributed by atoms with Crippen LogP contribution in [-0.4, -0.2) is 35.6 Å². The van der Waals surface area contributed by atoms with Crippen LogP contribution in [0.1, 0.15) is 0 Å². The highest BCUT2D eigenvalue weighted by Gasteiger charge is 2.22. The summed E-state index contributed by atoms with van der Waals surface area (Å²) in [5.74, 6) is 0.823. The van der Waals surface area contributed by atoms with Crippen molar-refractivity contribution in [2.45, 2.75) is 6.04 Å². The van der Waals surface area contributed by atoms with Crippen LogP contribution in [0.3, 0.4) is 0 Å². The third-order valence-electron chi connectivity index (χ3n) is 4.49. The lowest BCUT2D eigenvalue weighted by molar-refractivity contribution is 0.522. The van der Waals surface area contributed by atoms with Gasteiger partial charge in [0.1, 0.15) is 18.2 Å². The Bertz CT molecular complexity index is 997. The molecule has 0 spiro atoms. The lowest BCUT2D eigenvalue weighted by Crippen LogP contribution is -2.50. The van der Waals surface area contributed by atoms with Crippen LogP contribution in [0.5, 0.6) is 0 Å². The Morgan fingerprint density at radius 3 is 2.73 bits per heavy atom. The lowest BCUT2D eigenvalue weighted by Gasteiger charge is -2.32. The first-order valence-electron chi connectivity index (χ1n) is 8.24. The van der Waals surface area contributed by atoms with Crippen LogP contribution in [0.4, 0.5) is 5.82 Å². The molecular formula is C19H15Cl2N5. The number of nitrogens with one attached hydrogen (secondary N) is 1. The van der Waals surface area contributed by atoms with Gasteiger partial charge in [0.25, 0.3) is 0 Å². The molecule has 2 aromatic carbocycles. The summed E-state index contributed by atoms with van der Waals surface area (Å²) in [7, 11) is 0. The van der Waals surface area contributed by atoms with Gasteiger partial charge >= 0.3 is 0 Å². The molecule has 0 saturated carbocycles. The molecule has 0 bridgehead atoms. The average Bonchev–Trinajstić information content (AvgIpc) is 2.68. The van der Waals surface area contributed by atoms with Crippen molar-refractivity contribution in [2.24, 2.45) is 0 Å². The number of nitrogens with zero attached hydrogens (tertiary/aromatic N) is 4. The molecule has 5 nitrogen and oxygen atoms in total. The number of halogens is 2. The maximum absolute atomic E-state index is 9.22. The summed E-state index contributed by atoms with van der Waals surface area (Å²) in [5, 5.41) is 14.6. The SMILES string of the molecule is N#C[C@@H]1CN(c2ncnc3cc(Cl)c(-c4ccc(Cl)cc4)cc23)CCN1. The molecule has 7 heteroatoms. The summed E-state index contributed by atoms with van der Waals surface area (Å²) < 4.78 is 0. The van der Waals surface area contributed by atoms with Gasteiger partial charge in [-0.25, -0.2) is 9.97 Å². The fraction of sp³-hybridized carbons (Fsp3) is 0.211. The smallest absolute Gasteiger partial charge is 0.140 e. The Labute approximate surface area is 161 Å². The number of nitriles is 1. The number of hydrogen-bond acceptors (Lipinski definition) is 5. The van der Waals surface area contributed by atoms with E-state index in [0.717, 1.165) is 40.9 Å². The van der Waals surface area contributed by atoms with Gasteiger partial charge in [-0.2, -0.15) is 5.26 Å². The summed E-state index contributed by atoms with van der Waals surface area (Å²) in [5.41, 5.74) is 2.66. The van der Waals surface area contributed by atoms with Gasteiger partial charge in [0.2, 0.25) is 0 Å². The molecule has 130 valence electrons. The van der Waals surface area contributed by atoms with Crippen molar-refractivity contribution >= 4 is 39.9 Å². The van der Waals surface area contributed by atoms with Crippen molar-refractivity contribution in [3.63, 3.8) is 0 Å². The van der Waals surface area contributed by atoms with Crippen molar-refractivity contribution in [1.29, 1.82) is 5.26 Å². The maximum atomic E-state index is 9.22. The van der Waals surface area contributed by atoms with Crippen molar-refractivity contribution in [2.75, 3.05) is 24.5 Å². The predicted molar refractivity (Wildman–Crippen MR) is 105 cm³/mol. The van der Waals surface area contributed by atoms with Crippen molar-refractivity contribution in [1.82, 2.24) is 15.3 Å². The molecule has 0 aliphatic carbocycles. The third kappa shape index (κ3) is 3.19. The van der Waals surface area contributed by atoms with Gasteiger partial charge in [0.05, 0.1) is 16.6 Å². The zero-order valence-electron chi connectivity index (χ0n) is 13.8. The van der Waals surface area contributed by atoms with Gasteiger partial charge < -0.3 is 4.90 Å². The van der Waals surface area contributed by atoms with E-state index in [2.05, 4.69) is 26.3 Å². The van der Waals surface area contributed by atoms with Crippen molar-refractivity contribution in [3.05, 3.63) is 52.8 Å². The molecule has 26 heavy (non-hydrogen) atoms. The molecule has 0 radical (unpaired) electrons. The summed E-state index contributed by atoms with van der Waals surface area (Å²) in [6.07, 6.45) is 1.54. The minimum absolute atomic E-state index is 0.211. The molecule has 1 atom stereocenters. The second kappa shape index (κ2) is 7.08. The van der Waals surface area contributed by atoms with E-state index in [1.54, 1.807) is 6.33 Å². The van der Waals surface area contributed by atoms with Gasteiger partial charge in [0, 0.05) is 35.6 Å². The van der Waals surface area contributed by atoms with Gasteiger partial charge in [0.15, 0.2) is 0 Å². The Kier molecular flexibility index (Phi) is 4.64. The van der Waals surface area contributed by atoms with Crippen LogP contribution in [0.2, 0.25) is 10.0 Å². The highest BCUT2D eigenvalue weighted by molar-refractivity contribution is 6.34. The Morgan fingerprint density at radius 1 is 1.15 bits per heavy atom. The van der Waals surface area contributed by atoms with Crippen LogP contribution in [0, 0.1) is 11.3 Å². The predicted octanol–water partition coefficient (Wildman–Crippen LogP) is 3.91. The highest BCUT2D eigenvalue weighted by Crippen LogP contribution is 2.35. The standard InChI is InChI=1S/C19H15Cl2N5/c20-13-3-1-12(2-4-13)15-7-16-18(8-17(15)21)24-11-25-19(16)26-6-5-23-14(9-22)10-26/h1-4,7-8,11,14,23H,5-6,10H2/t14-/m1/s1. The Hall–Kier alpha value is -2.39. The molecule has 1 saturated heterocycles. The molecule has 1 aromatic heterocycles. The molecule has 0 amide bonds. The van der Waals surface area contributed by atoms with Crippen LogP contribution in [0.15, 0.2) is 42.7 Å². The van der Waals surface area contributed by atoms with E-state index in [9.17, 15) is 5.26 Å². The summed E-state index contributed by atoms with van der Waals surface area (Å²) >= 11 is 12.5. The maximum Gasteiger partial charge on any atom is 0.140 e. The van der Waals surface area contributed by atoms with Crippen LogP contribution in [-0.2, 0) is 0 Å². The fourth-order valence-electron chi connectivity index (χ4n) is 3.20. The number of benzene rings is 2. The van der Waals surface area contributed by atoms with Crippen molar-refractivity contribution < 1.29 is 0 Å². The van der Waals surface area contributed by atoms with Gasteiger partial charge in [-0.05, 0) is 29.8 Å². The normalized spacial score (nSPS) is 17.3. The second-order valence-corrected chi connectivity index (χ2v) is 6.98. The molecule has 3 aromatic rings. The van der Waals surface area contributed by atoms with E-state index < -0.39 is 0 Å². The largest absolute Gasteiger partial charge is 0.352 e. The number of rotatable bonds is 2. The fourth-order valence-corrected chi connectivity index (χ4v) is 3.59. The molecule has 4 rings (SSSR count).